The molecule has 0 saturated carbocycles. The third-order valence-electron chi connectivity index (χ3n) is 3.67. The van der Waals surface area contributed by atoms with E-state index in [-0.39, 0.29) is 5.91 Å². The van der Waals surface area contributed by atoms with Crippen LogP contribution in [0.25, 0.3) is 0 Å². The largest absolute Gasteiger partial charge is 0.494 e. The Kier molecular flexibility index (Phi) is 5.64. The van der Waals surface area contributed by atoms with Gasteiger partial charge in [-0.15, -0.1) is 0 Å². The maximum atomic E-state index is 12.0. The molecular formula is C18H24N2O2. The quantitative estimate of drug-likeness (QED) is 0.854. The van der Waals surface area contributed by atoms with Gasteiger partial charge in [-0.05, 0) is 50.6 Å². The predicted molar refractivity (Wildman–Crippen MR) is 88.2 cm³/mol. The van der Waals surface area contributed by atoms with E-state index in [9.17, 15) is 4.79 Å². The summed E-state index contributed by atoms with van der Waals surface area (Å²) in [6.07, 6.45) is 0.399. The Bertz CT molecular complexity index is 595. The summed E-state index contributed by atoms with van der Waals surface area (Å²) in [6.45, 7) is 8.21. The number of aromatic nitrogens is 1. The fourth-order valence-electron chi connectivity index (χ4n) is 2.48. The summed E-state index contributed by atoms with van der Waals surface area (Å²) < 4.78 is 7.60. The summed E-state index contributed by atoms with van der Waals surface area (Å²) in [5, 5.41) is 2.97. The molecule has 1 heterocycles. The van der Waals surface area contributed by atoms with E-state index in [4.69, 9.17) is 4.74 Å². The van der Waals surface area contributed by atoms with Crippen LogP contribution in [-0.4, -0.2) is 23.6 Å². The predicted octanol–water partition coefficient (Wildman–Crippen LogP) is 2.86. The topological polar surface area (TPSA) is 43.3 Å². The fourth-order valence-corrected chi connectivity index (χ4v) is 2.48. The van der Waals surface area contributed by atoms with E-state index in [0.29, 0.717) is 19.6 Å². The molecule has 0 atom stereocenters. The summed E-state index contributed by atoms with van der Waals surface area (Å²) in [5.74, 6) is 0.886. The third-order valence-corrected chi connectivity index (χ3v) is 3.67. The molecule has 2 aromatic rings. The molecule has 0 bridgehead atoms. The number of hydrogen-bond acceptors (Lipinski definition) is 2. The zero-order chi connectivity index (χ0) is 15.9. The van der Waals surface area contributed by atoms with Crippen molar-refractivity contribution in [2.24, 2.45) is 0 Å². The molecule has 0 fully saturated rings. The Hall–Kier alpha value is -2.23. The molecule has 0 spiro atoms. The number of nitrogens with zero attached hydrogens (tertiary/aromatic N) is 1. The van der Waals surface area contributed by atoms with E-state index in [2.05, 4.69) is 35.9 Å². The van der Waals surface area contributed by atoms with E-state index >= 15 is 0 Å². The normalized spacial score (nSPS) is 10.5. The molecule has 4 heteroatoms. The number of aryl methyl sites for hydroxylation is 2. The van der Waals surface area contributed by atoms with E-state index in [0.717, 1.165) is 17.9 Å². The van der Waals surface area contributed by atoms with Gasteiger partial charge in [0.15, 0.2) is 0 Å². The molecule has 0 aliphatic rings. The van der Waals surface area contributed by atoms with Crippen LogP contribution in [0.2, 0.25) is 0 Å². The molecule has 1 aromatic heterocycles. The number of ether oxygens (including phenoxy) is 1. The molecule has 0 saturated heterocycles. The van der Waals surface area contributed by atoms with Crippen LogP contribution in [0.5, 0.6) is 5.75 Å². The van der Waals surface area contributed by atoms with Gasteiger partial charge >= 0.3 is 0 Å². The van der Waals surface area contributed by atoms with Crippen LogP contribution in [0.1, 0.15) is 23.9 Å². The molecule has 118 valence electrons. The SMILES string of the molecule is CCOc1ccc(CC(=O)NCCn2c(C)ccc2C)cc1. The summed E-state index contributed by atoms with van der Waals surface area (Å²) in [7, 11) is 0. The summed E-state index contributed by atoms with van der Waals surface area (Å²) >= 11 is 0. The van der Waals surface area contributed by atoms with Crippen molar-refractivity contribution in [2.75, 3.05) is 13.2 Å². The lowest BCUT2D eigenvalue weighted by molar-refractivity contribution is -0.120. The van der Waals surface area contributed by atoms with Crippen molar-refractivity contribution >= 4 is 5.91 Å². The lowest BCUT2D eigenvalue weighted by Crippen LogP contribution is -2.29. The van der Waals surface area contributed by atoms with Crippen LogP contribution < -0.4 is 10.1 Å². The van der Waals surface area contributed by atoms with E-state index in [1.807, 2.05) is 31.2 Å². The van der Waals surface area contributed by atoms with Gasteiger partial charge in [-0.3, -0.25) is 4.79 Å². The zero-order valence-electron chi connectivity index (χ0n) is 13.6. The number of amides is 1. The third kappa shape index (κ3) is 4.38. The van der Waals surface area contributed by atoms with Crippen LogP contribution in [0, 0.1) is 13.8 Å². The highest BCUT2D eigenvalue weighted by molar-refractivity contribution is 5.78. The Morgan fingerprint density at radius 2 is 1.73 bits per heavy atom. The minimum Gasteiger partial charge on any atom is -0.494 e. The van der Waals surface area contributed by atoms with Gasteiger partial charge in [0.2, 0.25) is 5.91 Å². The van der Waals surface area contributed by atoms with Crippen LogP contribution in [-0.2, 0) is 17.8 Å². The maximum Gasteiger partial charge on any atom is 0.224 e. The minimum absolute atomic E-state index is 0.0478. The minimum atomic E-state index is 0.0478. The first-order valence-electron chi connectivity index (χ1n) is 7.71. The summed E-state index contributed by atoms with van der Waals surface area (Å²) in [4.78, 5) is 12.0. The Balaban J connectivity index is 1.78. The lowest BCUT2D eigenvalue weighted by Gasteiger charge is -2.10. The van der Waals surface area contributed by atoms with Crippen molar-refractivity contribution in [3.63, 3.8) is 0 Å². The van der Waals surface area contributed by atoms with Gasteiger partial charge < -0.3 is 14.6 Å². The number of hydrogen-bond donors (Lipinski definition) is 1. The molecule has 0 radical (unpaired) electrons. The molecule has 0 unspecified atom stereocenters. The fraction of sp³-hybridized carbons (Fsp3) is 0.389. The number of benzene rings is 1. The van der Waals surface area contributed by atoms with Crippen molar-refractivity contribution in [1.29, 1.82) is 0 Å². The van der Waals surface area contributed by atoms with Gasteiger partial charge in [-0.2, -0.15) is 0 Å². The number of nitrogens with one attached hydrogen (secondary N) is 1. The molecule has 4 nitrogen and oxygen atoms in total. The molecule has 1 amide bonds. The smallest absolute Gasteiger partial charge is 0.224 e. The first kappa shape index (κ1) is 16.1. The number of carbonyl (C=O) groups is 1. The van der Waals surface area contributed by atoms with E-state index in [1.54, 1.807) is 0 Å². The van der Waals surface area contributed by atoms with Crippen molar-refractivity contribution < 1.29 is 9.53 Å². The van der Waals surface area contributed by atoms with Crippen LogP contribution in [0.3, 0.4) is 0 Å². The van der Waals surface area contributed by atoms with Crippen molar-refractivity contribution in [3.8, 4) is 5.75 Å². The second-order valence-electron chi connectivity index (χ2n) is 5.37. The van der Waals surface area contributed by atoms with E-state index < -0.39 is 0 Å². The average Bonchev–Trinajstić information content (AvgIpc) is 2.81. The second kappa shape index (κ2) is 7.69. The van der Waals surface area contributed by atoms with Crippen LogP contribution in [0.15, 0.2) is 36.4 Å². The molecule has 2 rings (SSSR count). The zero-order valence-corrected chi connectivity index (χ0v) is 13.6. The number of rotatable bonds is 7. The van der Waals surface area contributed by atoms with Crippen molar-refractivity contribution in [2.45, 2.75) is 33.7 Å². The van der Waals surface area contributed by atoms with Gasteiger partial charge in [0.1, 0.15) is 5.75 Å². The lowest BCUT2D eigenvalue weighted by atomic mass is 10.1. The monoisotopic (exact) mass is 300 g/mol. The molecule has 22 heavy (non-hydrogen) atoms. The molecule has 1 N–H and O–H groups in total. The molecular weight excluding hydrogens is 276 g/mol. The van der Waals surface area contributed by atoms with Crippen LogP contribution >= 0.6 is 0 Å². The summed E-state index contributed by atoms with van der Waals surface area (Å²) in [5.41, 5.74) is 3.44. The van der Waals surface area contributed by atoms with Gasteiger partial charge in [-0.25, -0.2) is 0 Å². The van der Waals surface area contributed by atoms with Gasteiger partial charge in [0.05, 0.1) is 13.0 Å². The number of carbonyl (C=O) groups excluding carboxylic acids is 1. The first-order valence-corrected chi connectivity index (χ1v) is 7.71. The molecule has 1 aromatic carbocycles. The van der Waals surface area contributed by atoms with Crippen molar-refractivity contribution in [1.82, 2.24) is 9.88 Å². The highest BCUT2D eigenvalue weighted by Crippen LogP contribution is 2.12. The maximum absolute atomic E-state index is 12.0. The first-order chi connectivity index (χ1) is 10.6. The van der Waals surface area contributed by atoms with Gasteiger partial charge in [-0.1, -0.05) is 12.1 Å². The summed E-state index contributed by atoms with van der Waals surface area (Å²) in [6, 6.07) is 11.9. The van der Waals surface area contributed by atoms with Crippen LogP contribution in [0.4, 0.5) is 0 Å². The Labute approximate surface area is 132 Å². The van der Waals surface area contributed by atoms with Gasteiger partial charge in [0, 0.05) is 24.5 Å². The second-order valence-corrected chi connectivity index (χ2v) is 5.37. The Morgan fingerprint density at radius 1 is 1.09 bits per heavy atom. The molecule has 0 aliphatic heterocycles. The van der Waals surface area contributed by atoms with Gasteiger partial charge in [0.25, 0.3) is 0 Å². The van der Waals surface area contributed by atoms with Crippen molar-refractivity contribution in [3.05, 3.63) is 53.3 Å². The highest BCUT2D eigenvalue weighted by Gasteiger charge is 2.05. The molecule has 0 aliphatic carbocycles. The van der Waals surface area contributed by atoms with E-state index in [1.165, 1.54) is 11.4 Å². The highest BCUT2D eigenvalue weighted by atomic mass is 16.5. The average molecular weight is 300 g/mol. The Morgan fingerprint density at radius 3 is 2.32 bits per heavy atom. The standard InChI is InChI=1S/C18H24N2O2/c1-4-22-17-9-7-16(8-10-17)13-18(21)19-11-12-20-14(2)5-6-15(20)3/h5-10H,4,11-13H2,1-3H3,(H,19,21).